The van der Waals surface area contributed by atoms with Crippen molar-refractivity contribution in [3.8, 4) is 11.4 Å². The topological polar surface area (TPSA) is 104 Å². The van der Waals surface area contributed by atoms with Crippen molar-refractivity contribution in [3.63, 3.8) is 0 Å². The molecule has 5 aromatic rings. The van der Waals surface area contributed by atoms with E-state index in [2.05, 4.69) is 44.2 Å². The van der Waals surface area contributed by atoms with E-state index in [1.54, 1.807) is 24.3 Å². The number of nitrogens with zero attached hydrogens (tertiary/aromatic N) is 4. The van der Waals surface area contributed by atoms with Crippen LogP contribution in [-0.2, 0) is 11.3 Å². The lowest BCUT2D eigenvalue weighted by atomic mass is 10.1. The van der Waals surface area contributed by atoms with Crippen molar-refractivity contribution in [3.05, 3.63) is 108 Å². The minimum atomic E-state index is -0.266. The Morgan fingerprint density at radius 3 is 2.51 bits per heavy atom. The molecule has 184 valence electrons. The summed E-state index contributed by atoms with van der Waals surface area (Å²) in [7, 11) is 0. The lowest BCUT2D eigenvalue weighted by molar-refractivity contribution is -0.118. The molecule has 4 aromatic carbocycles. The number of rotatable bonds is 9. The van der Waals surface area contributed by atoms with Gasteiger partial charge in [0.15, 0.2) is 11.0 Å². The molecule has 0 aliphatic rings. The van der Waals surface area contributed by atoms with E-state index in [9.17, 15) is 9.90 Å². The second-order valence-electron chi connectivity index (χ2n) is 8.12. The molecule has 1 amide bonds. The number of carbonyl (C=O) groups is 1. The number of amides is 1. The van der Waals surface area contributed by atoms with Crippen LogP contribution >= 0.6 is 11.8 Å². The molecule has 1 heterocycles. The highest BCUT2D eigenvalue weighted by Gasteiger charge is 2.16. The van der Waals surface area contributed by atoms with Gasteiger partial charge < -0.3 is 10.4 Å². The van der Waals surface area contributed by atoms with Gasteiger partial charge >= 0.3 is 0 Å². The van der Waals surface area contributed by atoms with Crippen molar-refractivity contribution >= 4 is 40.3 Å². The van der Waals surface area contributed by atoms with Crippen LogP contribution in [0.3, 0.4) is 0 Å². The minimum absolute atomic E-state index is 0.120. The maximum atomic E-state index is 12.4. The van der Waals surface area contributed by atoms with Gasteiger partial charge in [0.2, 0.25) is 0 Å². The van der Waals surface area contributed by atoms with Crippen LogP contribution in [-0.4, -0.2) is 37.7 Å². The zero-order valence-corrected chi connectivity index (χ0v) is 20.6. The SMILES string of the molecule is O=C(CSc1nnc(CNc2cccc3ccccc23)n1-c1ccccc1)N/N=C/c1ccc(O)cc1. The average Bonchev–Trinajstić information content (AvgIpc) is 3.35. The van der Waals surface area contributed by atoms with Crippen LogP contribution in [0.4, 0.5) is 5.69 Å². The molecule has 0 bridgehead atoms. The Balaban J connectivity index is 1.29. The molecule has 1 aromatic heterocycles. The number of phenols is 1. The number of phenolic OH excluding ortho intramolecular Hbond substituents is 1. The molecule has 0 aliphatic heterocycles. The summed E-state index contributed by atoms with van der Waals surface area (Å²) in [6, 6.07) is 30.7. The molecule has 3 N–H and O–H groups in total. The van der Waals surface area contributed by atoms with E-state index in [0.29, 0.717) is 11.7 Å². The lowest BCUT2D eigenvalue weighted by Crippen LogP contribution is -2.20. The predicted molar refractivity (Wildman–Crippen MR) is 147 cm³/mol. The van der Waals surface area contributed by atoms with Crippen molar-refractivity contribution < 1.29 is 9.90 Å². The minimum Gasteiger partial charge on any atom is -0.508 e. The van der Waals surface area contributed by atoms with Gasteiger partial charge in [-0.15, -0.1) is 10.2 Å². The number of thioether (sulfide) groups is 1. The quantitative estimate of drug-likeness (QED) is 0.147. The number of para-hydroxylation sites is 1. The van der Waals surface area contributed by atoms with E-state index < -0.39 is 0 Å². The first-order valence-corrected chi connectivity index (χ1v) is 12.6. The van der Waals surface area contributed by atoms with Gasteiger partial charge in [-0.25, -0.2) is 5.43 Å². The van der Waals surface area contributed by atoms with E-state index in [4.69, 9.17) is 0 Å². The van der Waals surface area contributed by atoms with E-state index in [1.807, 2.05) is 59.2 Å². The van der Waals surface area contributed by atoms with Gasteiger partial charge in [0.25, 0.3) is 5.91 Å². The Morgan fingerprint density at radius 1 is 0.919 bits per heavy atom. The molecule has 0 atom stereocenters. The first-order chi connectivity index (χ1) is 18.2. The first kappa shape index (κ1) is 24.1. The first-order valence-electron chi connectivity index (χ1n) is 11.6. The Morgan fingerprint density at radius 2 is 1.68 bits per heavy atom. The number of fused-ring (bicyclic) bond motifs is 1. The molecule has 0 aliphatic carbocycles. The van der Waals surface area contributed by atoms with Crippen molar-refractivity contribution in [2.45, 2.75) is 11.7 Å². The molecule has 9 heteroatoms. The smallest absolute Gasteiger partial charge is 0.250 e. The second kappa shape index (κ2) is 11.4. The zero-order valence-electron chi connectivity index (χ0n) is 19.8. The summed E-state index contributed by atoms with van der Waals surface area (Å²) in [5, 5.41) is 28.5. The van der Waals surface area contributed by atoms with Crippen LogP contribution in [0.15, 0.2) is 107 Å². The predicted octanol–water partition coefficient (Wildman–Crippen LogP) is 4.98. The fourth-order valence-electron chi connectivity index (χ4n) is 3.80. The lowest BCUT2D eigenvalue weighted by Gasteiger charge is -2.12. The summed E-state index contributed by atoms with van der Waals surface area (Å²) in [6.45, 7) is 0.458. The number of aromatic hydroxyl groups is 1. The number of aromatic nitrogens is 3. The maximum absolute atomic E-state index is 12.4. The largest absolute Gasteiger partial charge is 0.508 e. The van der Waals surface area contributed by atoms with Crippen LogP contribution in [0.2, 0.25) is 0 Å². The summed E-state index contributed by atoms with van der Waals surface area (Å²) < 4.78 is 1.95. The number of hydrogen-bond acceptors (Lipinski definition) is 7. The normalized spacial score (nSPS) is 11.1. The molecule has 5 rings (SSSR count). The molecule has 0 saturated carbocycles. The molecule has 8 nitrogen and oxygen atoms in total. The van der Waals surface area contributed by atoms with Gasteiger partial charge in [-0.05, 0) is 53.4 Å². The number of nitrogens with one attached hydrogen (secondary N) is 2. The highest BCUT2D eigenvalue weighted by Crippen LogP contribution is 2.25. The standard InChI is InChI=1S/C28H24N6O2S/c35-23-15-13-20(14-16-23)17-30-32-27(36)19-37-28-33-31-26(34(28)22-9-2-1-3-10-22)18-29-25-12-6-8-21-7-4-5-11-24(21)25/h1-17,29,35H,18-19H2,(H,32,36)/b30-17+. The molecular weight excluding hydrogens is 484 g/mol. The number of benzene rings is 4. The summed E-state index contributed by atoms with van der Waals surface area (Å²) in [4.78, 5) is 12.4. The Hall–Kier alpha value is -4.63. The third-order valence-electron chi connectivity index (χ3n) is 5.57. The zero-order chi connectivity index (χ0) is 25.5. The summed E-state index contributed by atoms with van der Waals surface area (Å²) in [5.74, 6) is 0.756. The van der Waals surface area contributed by atoms with Crippen molar-refractivity contribution in [1.29, 1.82) is 0 Å². The van der Waals surface area contributed by atoms with E-state index in [-0.39, 0.29) is 17.4 Å². The van der Waals surface area contributed by atoms with E-state index >= 15 is 0 Å². The molecular formula is C28H24N6O2S. The van der Waals surface area contributed by atoms with E-state index in [1.165, 1.54) is 18.0 Å². The fourth-order valence-corrected chi connectivity index (χ4v) is 4.56. The Bertz CT molecular complexity index is 1530. The van der Waals surface area contributed by atoms with Crippen LogP contribution in [0.1, 0.15) is 11.4 Å². The van der Waals surface area contributed by atoms with Gasteiger partial charge in [-0.3, -0.25) is 9.36 Å². The fraction of sp³-hybridized carbons (Fsp3) is 0.0714. The molecule has 0 radical (unpaired) electrons. The third-order valence-corrected chi connectivity index (χ3v) is 6.50. The van der Waals surface area contributed by atoms with Gasteiger partial charge in [0, 0.05) is 16.8 Å². The van der Waals surface area contributed by atoms with Crippen LogP contribution < -0.4 is 10.7 Å². The molecule has 0 fully saturated rings. The van der Waals surface area contributed by atoms with Crippen molar-refractivity contribution in [2.24, 2.45) is 5.10 Å². The van der Waals surface area contributed by atoms with Gasteiger partial charge in [0.05, 0.1) is 18.5 Å². The van der Waals surface area contributed by atoms with Crippen molar-refractivity contribution in [2.75, 3.05) is 11.1 Å². The number of carbonyl (C=O) groups excluding carboxylic acids is 1. The molecule has 0 spiro atoms. The van der Waals surface area contributed by atoms with Gasteiger partial charge in [0.1, 0.15) is 5.75 Å². The highest BCUT2D eigenvalue weighted by molar-refractivity contribution is 7.99. The van der Waals surface area contributed by atoms with Crippen molar-refractivity contribution in [1.82, 2.24) is 20.2 Å². The second-order valence-corrected chi connectivity index (χ2v) is 9.07. The molecule has 0 unspecified atom stereocenters. The summed E-state index contributed by atoms with van der Waals surface area (Å²) >= 11 is 1.29. The number of anilines is 1. The van der Waals surface area contributed by atoms with E-state index in [0.717, 1.165) is 33.5 Å². The van der Waals surface area contributed by atoms with Gasteiger partial charge in [-0.1, -0.05) is 66.4 Å². The van der Waals surface area contributed by atoms with Crippen LogP contribution in [0.25, 0.3) is 16.5 Å². The maximum Gasteiger partial charge on any atom is 0.250 e. The van der Waals surface area contributed by atoms with Gasteiger partial charge in [-0.2, -0.15) is 5.10 Å². The van der Waals surface area contributed by atoms with Crippen LogP contribution in [0, 0.1) is 0 Å². The average molecular weight is 509 g/mol. The Labute approximate surface area is 218 Å². The molecule has 0 saturated heterocycles. The number of hydrazone groups is 1. The highest BCUT2D eigenvalue weighted by atomic mass is 32.2. The number of hydrogen-bond donors (Lipinski definition) is 3. The summed E-state index contributed by atoms with van der Waals surface area (Å²) in [5.41, 5.74) is 5.21. The molecule has 37 heavy (non-hydrogen) atoms. The monoisotopic (exact) mass is 508 g/mol. The van der Waals surface area contributed by atoms with Crippen LogP contribution in [0.5, 0.6) is 5.75 Å². The summed E-state index contributed by atoms with van der Waals surface area (Å²) in [6.07, 6.45) is 1.52. The Kier molecular flexibility index (Phi) is 7.42. The third kappa shape index (κ3) is 5.96.